The molecular weight excluding hydrogens is 438 g/mol. The van der Waals surface area contributed by atoms with E-state index in [1.807, 2.05) is 0 Å². The molecule has 0 atom stereocenters. The van der Waals surface area contributed by atoms with E-state index in [0.717, 1.165) is 16.7 Å². The topological polar surface area (TPSA) is 52.7 Å². The van der Waals surface area contributed by atoms with Crippen LogP contribution in [0.4, 0.5) is 26.3 Å². The fraction of sp³-hybridized carbons (Fsp3) is 0.278. The van der Waals surface area contributed by atoms with Crippen LogP contribution in [0, 0.1) is 0 Å². The van der Waals surface area contributed by atoms with Gasteiger partial charge in [0.2, 0.25) is 0 Å². The van der Waals surface area contributed by atoms with Gasteiger partial charge in [-0.3, -0.25) is 4.98 Å². The zero-order valence-electron chi connectivity index (χ0n) is 15.4. The molecule has 0 saturated heterocycles. The Kier molecular flexibility index (Phi) is 6.96. The number of halogens is 7. The van der Waals surface area contributed by atoms with Gasteiger partial charge in [-0.15, -0.1) is 5.10 Å². The summed E-state index contributed by atoms with van der Waals surface area (Å²) >= 11 is 6.04. The predicted octanol–water partition coefficient (Wildman–Crippen LogP) is 5.25. The molecule has 5 nitrogen and oxygen atoms in total. The third-order valence-corrected chi connectivity index (χ3v) is 4.14. The molecule has 12 heteroatoms. The first kappa shape index (κ1) is 23.5. The lowest BCUT2D eigenvalue weighted by Gasteiger charge is -2.08. The number of pyridine rings is 1. The highest BCUT2D eigenvalue weighted by molar-refractivity contribution is 6.33. The first-order chi connectivity index (χ1) is 13.8. The summed E-state index contributed by atoms with van der Waals surface area (Å²) < 4.78 is 77.7. The standard InChI is InChI=1S/C18H15ClF6N4O/c1-3-12(18(23,24)25)5-4-11(2)29-15(13-6-8-26-10-14(13)19)27-28(16(29)30)9-7-17(20,21)22/h3-6,8,10H,2,7,9H2,1H3/b5-4-,12-3+. The maximum absolute atomic E-state index is 12.9. The van der Waals surface area contributed by atoms with Crippen LogP contribution in [0.15, 0.2) is 53.6 Å². The molecule has 0 fully saturated rings. The van der Waals surface area contributed by atoms with Gasteiger partial charge in [-0.25, -0.2) is 14.0 Å². The number of allylic oxidation sites excluding steroid dienone is 5. The molecular formula is C18H15ClF6N4O. The Balaban J connectivity index is 2.56. The van der Waals surface area contributed by atoms with Crippen molar-refractivity contribution < 1.29 is 26.3 Å². The van der Waals surface area contributed by atoms with E-state index in [9.17, 15) is 31.1 Å². The summed E-state index contributed by atoms with van der Waals surface area (Å²) in [5, 5.41) is 3.92. The molecule has 2 aromatic rings. The third-order valence-electron chi connectivity index (χ3n) is 3.84. The minimum absolute atomic E-state index is 0.0351. The molecule has 0 aromatic carbocycles. The highest BCUT2D eigenvalue weighted by Crippen LogP contribution is 2.29. The lowest BCUT2D eigenvalue weighted by molar-refractivity contribution is -0.137. The monoisotopic (exact) mass is 452 g/mol. The number of nitrogens with zero attached hydrogens (tertiary/aromatic N) is 4. The van der Waals surface area contributed by atoms with Crippen molar-refractivity contribution in [2.75, 3.05) is 0 Å². The maximum atomic E-state index is 12.9. The third kappa shape index (κ3) is 5.62. The summed E-state index contributed by atoms with van der Waals surface area (Å²) in [6, 6.07) is 1.36. The number of hydrogen-bond donors (Lipinski definition) is 0. The van der Waals surface area contributed by atoms with Gasteiger partial charge in [0.05, 0.1) is 23.6 Å². The Morgan fingerprint density at radius 3 is 2.43 bits per heavy atom. The van der Waals surface area contributed by atoms with Gasteiger partial charge >= 0.3 is 18.0 Å². The fourth-order valence-electron chi connectivity index (χ4n) is 2.39. The second-order valence-corrected chi connectivity index (χ2v) is 6.36. The van der Waals surface area contributed by atoms with Crippen LogP contribution in [-0.2, 0) is 6.54 Å². The predicted molar refractivity (Wildman–Crippen MR) is 99.7 cm³/mol. The Morgan fingerprint density at radius 1 is 1.23 bits per heavy atom. The summed E-state index contributed by atoms with van der Waals surface area (Å²) in [6.45, 7) is 3.95. The van der Waals surface area contributed by atoms with Crippen molar-refractivity contribution in [3.05, 3.63) is 64.3 Å². The second-order valence-electron chi connectivity index (χ2n) is 5.95. The zero-order valence-corrected chi connectivity index (χ0v) is 16.2. The molecule has 30 heavy (non-hydrogen) atoms. The average Bonchev–Trinajstić information content (AvgIpc) is 2.95. The number of hydrogen-bond acceptors (Lipinski definition) is 3. The van der Waals surface area contributed by atoms with E-state index in [-0.39, 0.29) is 22.1 Å². The first-order valence-corrected chi connectivity index (χ1v) is 8.70. The fourth-order valence-corrected chi connectivity index (χ4v) is 2.59. The Hall–Kier alpha value is -2.82. The van der Waals surface area contributed by atoms with Gasteiger partial charge in [-0.05, 0) is 25.1 Å². The van der Waals surface area contributed by atoms with Crippen molar-refractivity contribution in [2.24, 2.45) is 0 Å². The summed E-state index contributed by atoms with van der Waals surface area (Å²) in [4.78, 5) is 16.4. The van der Waals surface area contributed by atoms with Crippen molar-refractivity contribution in [1.82, 2.24) is 19.3 Å². The molecule has 2 aromatic heterocycles. The normalized spacial score (nSPS) is 13.3. The zero-order chi connectivity index (χ0) is 22.7. The molecule has 0 aliphatic rings. The lowest BCUT2D eigenvalue weighted by atomic mass is 10.2. The first-order valence-electron chi connectivity index (χ1n) is 8.32. The van der Waals surface area contributed by atoms with Gasteiger partial charge in [0, 0.05) is 23.7 Å². The van der Waals surface area contributed by atoms with Crippen LogP contribution in [0.2, 0.25) is 5.02 Å². The summed E-state index contributed by atoms with van der Waals surface area (Å²) in [6.07, 6.45) is -5.54. The molecule has 0 aliphatic heterocycles. The van der Waals surface area contributed by atoms with Gasteiger partial charge < -0.3 is 0 Å². The van der Waals surface area contributed by atoms with Crippen molar-refractivity contribution in [3.8, 4) is 11.4 Å². The molecule has 0 bridgehead atoms. The molecule has 0 saturated carbocycles. The van der Waals surface area contributed by atoms with Gasteiger partial charge in [0.1, 0.15) is 0 Å². The van der Waals surface area contributed by atoms with Crippen molar-refractivity contribution in [2.45, 2.75) is 32.2 Å². The molecule has 0 aliphatic carbocycles. The summed E-state index contributed by atoms with van der Waals surface area (Å²) in [5.41, 5.74) is -2.11. The van der Waals surface area contributed by atoms with E-state index in [0.29, 0.717) is 10.8 Å². The summed E-state index contributed by atoms with van der Waals surface area (Å²) in [7, 11) is 0. The van der Waals surface area contributed by atoms with E-state index >= 15 is 0 Å². The van der Waals surface area contributed by atoms with Crippen LogP contribution in [0.5, 0.6) is 0 Å². The van der Waals surface area contributed by atoms with Gasteiger partial charge in [0.25, 0.3) is 0 Å². The van der Waals surface area contributed by atoms with Crippen LogP contribution in [0.1, 0.15) is 13.3 Å². The van der Waals surface area contributed by atoms with Crippen molar-refractivity contribution in [3.63, 3.8) is 0 Å². The quantitative estimate of drug-likeness (QED) is 0.444. The van der Waals surface area contributed by atoms with Crippen LogP contribution in [0.25, 0.3) is 17.1 Å². The van der Waals surface area contributed by atoms with Crippen molar-refractivity contribution >= 4 is 17.3 Å². The minimum atomic E-state index is -4.63. The Bertz CT molecular complexity index is 1050. The molecule has 0 unspecified atom stereocenters. The summed E-state index contributed by atoms with van der Waals surface area (Å²) in [5.74, 6) is -0.182. The Labute approximate surface area is 171 Å². The van der Waals surface area contributed by atoms with E-state index in [4.69, 9.17) is 11.6 Å². The highest BCUT2D eigenvalue weighted by atomic mass is 35.5. The molecule has 0 radical (unpaired) electrons. The maximum Gasteiger partial charge on any atom is 0.416 e. The number of aromatic nitrogens is 4. The van der Waals surface area contributed by atoms with Crippen LogP contribution in [0.3, 0.4) is 0 Å². The van der Waals surface area contributed by atoms with E-state index < -0.39 is 36.6 Å². The molecule has 0 N–H and O–H groups in total. The van der Waals surface area contributed by atoms with Crippen molar-refractivity contribution in [1.29, 1.82) is 0 Å². The molecule has 0 amide bonds. The Morgan fingerprint density at radius 2 is 1.90 bits per heavy atom. The minimum Gasteiger partial charge on any atom is -0.263 e. The lowest BCUT2D eigenvalue weighted by Crippen LogP contribution is -2.26. The number of alkyl halides is 6. The smallest absolute Gasteiger partial charge is 0.263 e. The van der Waals surface area contributed by atoms with Gasteiger partial charge in [-0.2, -0.15) is 26.3 Å². The second kappa shape index (κ2) is 8.90. The van der Waals surface area contributed by atoms with E-state index in [1.165, 1.54) is 25.4 Å². The van der Waals surface area contributed by atoms with Crippen LogP contribution >= 0.6 is 11.6 Å². The molecule has 0 spiro atoms. The van der Waals surface area contributed by atoms with E-state index in [2.05, 4.69) is 16.7 Å². The SMILES string of the molecule is C=C(/C=C\C(=C/C)C(F)(F)F)n1c(-c2ccncc2Cl)nn(CCC(F)(F)F)c1=O. The highest BCUT2D eigenvalue weighted by Gasteiger charge is 2.31. The number of rotatable bonds is 6. The van der Waals surface area contributed by atoms with Gasteiger partial charge in [-0.1, -0.05) is 24.3 Å². The van der Waals surface area contributed by atoms with E-state index in [1.54, 1.807) is 0 Å². The molecule has 2 rings (SSSR count). The average molecular weight is 453 g/mol. The molecule has 2 heterocycles. The largest absolute Gasteiger partial charge is 0.416 e. The molecule has 162 valence electrons. The van der Waals surface area contributed by atoms with Gasteiger partial charge in [0.15, 0.2) is 5.82 Å². The van der Waals surface area contributed by atoms with Crippen LogP contribution < -0.4 is 5.69 Å². The van der Waals surface area contributed by atoms with Crippen LogP contribution in [-0.4, -0.2) is 31.7 Å². The number of aryl methyl sites for hydroxylation is 1.